The van der Waals surface area contributed by atoms with E-state index in [0.29, 0.717) is 22.9 Å². The molecule has 0 unspecified atom stereocenters. The summed E-state index contributed by atoms with van der Waals surface area (Å²) in [7, 11) is 0. The van der Waals surface area contributed by atoms with Crippen molar-refractivity contribution in [2.24, 2.45) is 0 Å². The average Bonchev–Trinajstić information content (AvgIpc) is 2.34. The topological polar surface area (TPSA) is 54.0 Å². The number of nitrogens with one attached hydrogen (secondary N) is 2. The van der Waals surface area contributed by atoms with Gasteiger partial charge in [-0.25, -0.2) is 4.98 Å². The number of nitrogens with zero attached hydrogens (tertiary/aromatic N) is 1. The van der Waals surface area contributed by atoms with E-state index >= 15 is 0 Å². The van der Waals surface area contributed by atoms with Crippen LogP contribution in [0.5, 0.6) is 0 Å². The van der Waals surface area contributed by atoms with Crippen LogP contribution < -0.4 is 10.6 Å². The maximum absolute atomic E-state index is 11.7. The summed E-state index contributed by atoms with van der Waals surface area (Å²) in [5.74, 6) is 0.490. The van der Waals surface area contributed by atoms with Crippen molar-refractivity contribution in [2.45, 2.75) is 26.7 Å². The van der Waals surface area contributed by atoms with Crippen LogP contribution in [-0.2, 0) is 0 Å². The highest BCUT2D eigenvalue weighted by Gasteiger charge is 2.08. The summed E-state index contributed by atoms with van der Waals surface area (Å²) in [4.78, 5) is 15.8. The number of anilines is 1. The second-order valence-electron chi connectivity index (χ2n) is 3.74. The van der Waals surface area contributed by atoms with Crippen molar-refractivity contribution in [2.75, 3.05) is 18.4 Å². The molecular weight excluding hydrogens is 238 g/mol. The normalized spacial score (nSPS) is 10.1. The first-order valence-corrected chi connectivity index (χ1v) is 6.24. The fraction of sp³-hybridized carbons (Fsp3) is 0.500. The van der Waals surface area contributed by atoms with E-state index in [4.69, 9.17) is 11.6 Å². The fourth-order valence-electron chi connectivity index (χ4n) is 1.28. The third kappa shape index (κ3) is 4.23. The van der Waals surface area contributed by atoms with Crippen LogP contribution in [0.4, 0.5) is 5.82 Å². The molecule has 0 fully saturated rings. The molecular formula is C12H18ClN3O. The number of rotatable bonds is 6. The van der Waals surface area contributed by atoms with Crippen molar-refractivity contribution < 1.29 is 4.79 Å². The Kier molecular flexibility index (Phi) is 5.77. The van der Waals surface area contributed by atoms with Crippen molar-refractivity contribution in [3.8, 4) is 0 Å². The summed E-state index contributed by atoms with van der Waals surface area (Å²) in [6, 6.07) is 1.64. The van der Waals surface area contributed by atoms with Crippen molar-refractivity contribution in [1.82, 2.24) is 10.3 Å². The summed E-state index contributed by atoms with van der Waals surface area (Å²) in [6.45, 7) is 5.54. The van der Waals surface area contributed by atoms with Crippen LogP contribution in [0.3, 0.4) is 0 Å². The molecule has 0 aromatic carbocycles. The van der Waals surface area contributed by atoms with Crippen molar-refractivity contribution in [1.29, 1.82) is 0 Å². The number of hydrogen-bond acceptors (Lipinski definition) is 3. The Hall–Kier alpha value is -1.29. The highest BCUT2D eigenvalue weighted by molar-refractivity contribution is 6.33. The highest BCUT2D eigenvalue weighted by atomic mass is 35.5. The van der Waals surface area contributed by atoms with Crippen molar-refractivity contribution >= 4 is 23.3 Å². The number of halogens is 1. The lowest BCUT2D eigenvalue weighted by Crippen LogP contribution is -2.24. The quantitative estimate of drug-likeness (QED) is 0.822. The molecule has 0 atom stereocenters. The van der Waals surface area contributed by atoms with E-state index in [-0.39, 0.29) is 5.91 Å². The molecule has 1 aromatic heterocycles. The largest absolute Gasteiger partial charge is 0.369 e. The summed E-state index contributed by atoms with van der Waals surface area (Å²) in [6.07, 6.45) is 3.44. The van der Waals surface area contributed by atoms with Gasteiger partial charge in [-0.1, -0.05) is 25.4 Å². The van der Waals surface area contributed by atoms with Gasteiger partial charge in [-0.05, 0) is 18.9 Å². The average molecular weight is 256 g/mol. The van der Waals surface area contributed by atoms with E-state index in [9.17, 15) is 4.79 Å². The molecule has 0 radical (unpaired) electrons. The summed E-state index contributed by atoms with van der Waals surface area (Å²) >= 11 is 6.04. The minimum Gasteiger partial charge on any atom is -0.369 e. The minimum absolute atomic E-state index is 0.136. The van der Waals surface area contributed by atoms with Gasteiger partial charge in [0.1, 0.15) is 5.82 Å². The van der Waals surface area contributed by atoms with Gasteiger partial charge in [0, 0.05) is 19.3 Å². The Morgan fingerprint density at radius 2 is 2.06 bits per heavy atom. The standard InChI is InChI=1S/C12H18ClN3O/c1-3-5-14-11-10(13)7-9(8-16-11)12(17)15-6-4-2/h7-8H,3-6H2,1-2H3,(H,14,16)(H,15,17). The van der Waals surface area contributed by atoms with Gasteiger partial charge >= 0.3 is 0 Å². The van der Waals surface area contributed by atoms with Crippen molar-refractivity contribution in [3.05, 3.63) is 22.8 Å². The van der Waals surface area contributed by atoms with Gasteiger partial charge in [-0.3, -0.25) is 4.79 Å². The Labute approximate surface area is 107 Å². The van der Waals surface area contributed by atoms with Gasteiger partial charge in [0.05, 0.1) is 10.6 Å². The minimum atomic E-state index is -0.136. The van der Waals surface area contributed by atoms with Crippen LogP contribution in [0.1, 0.15) is 37.0 Å². The summed E-state index contributed by atoms with van der Waals surface area (Å²) < 4.78 is 0. The molecule has 0 saturated carbocycles. The van der Waals surface area contributed by atoms with Gasteiger partial charge in [-0.15, -0.1) is 0 Å². The molecule has 0 aliphatic rings. The molecule has 0 aliphatic carbocycles. The van der Waals surface area contributed by atoms with E-state index in [1.165, 1.54) is 6.20 Å². The van der Waals surface area contributed by atoms with Crippen LogP contribution in [0, 0.1) is 0 Å². The molecule has 0 aliphatic heterocycles. The molecule has 1 heterocycles. The third-order valence-electron chi connectivity index (χ3n) is 2.18. The van der Waals surface area contributed by atoms with Gasteiger partial charge < -0.3 is 10.6 Å². The molecule has 17 heavy (non-hydrogen) atoms. The second-order valence-corrected chi connectivity index (χ2v) is 4.14. The zero-order valence-corrected chi connectivity index (χ0v) is 11.0. The van der Waals surface area contributed by atoms with Crippen LogP contribution in [0.2, 0.25) is 5.02 Å². The SMILES string of the molecule is CCCNC(=O)c1cnc(NCCC)c(Cl)c1. The van der Waals surface area contributed by atoms with Crippen LogP contribution in [0.25, 0.3) is 0 Å². The number of amides is 1. The van der Waals surface area contributed by atoms with E-state index in [1.807, 2.05) is 6.92 Å². The lowest BCUT2D eigenvalue weighted by Gasteiger charge is -2.08. The highest BCUT2D eigenvalue weighted by Crippen LogP contribution is 2.19. The van der Waals surface area contributed by atoms with Gasteiger partial charge in [-0.2, -0.15) is 0 Å². The molecule has 0 saturated heterocycles. The first-order valence-electron chi connectivity index (χ1n) is 5.86. The first kappa shape index (κ1) is 13.8. The lowest BCUT2D eigenvalue weighted by molar-refractivity contribution is 0.0953. The Bertz CT molecular complexity index is 382. The van der Waals surface area contributed by atoms with Crippen LogP contribution in [0.15, 0.2) is 12.3 Å². The first-order chi connectivity index (χ1) is 8.19. The molecule has 5 heteroatoms. The number of hydrogen-bond donors (Lipinski definition) is 2. The van der Waals surface area contributed by atoms with Gasteiger partial charge in [0.25, 0.3) is 5.91 Å². The molecule has 94 valence electrons. The van der Waals surface area contributed by atoms with E-state index in [1.54, 1.807) is 6.07 Å². The Morgan fingerprint density at radius 1 is 1.35 bits per heavy atom. The smallest absolute Gasteiger partial charge is 0.252 e. The monoisotopic (exact) mass is 255 g/mol. The number of carbonyl (C=O) groups excluding carboxylic acids is 1. The predicted octanol–water partition coefficient (Wildman–Crippen LogP) is 2.70. The van der Waals surface area contributed by atoms with Crippen LogP contribution >= 0.6 is 11.6 Å². The molecule has 0 bridgehead atoms. The number of carbonyl (C=O) groups is 1. The zero-order valence-electron chi connectivity index (χ0n) is 10.2. The second kappa shape index (κ2) is 7.12. The number of pyridine rings is 1. The van der Waals surface area contributed by atoms with Gasteiger partial charge in [0.2, 0.25) is 0 Å². The maximum atomic E-state index is 11.7. The molecule has 1 aromatic rings. The number of aromatic nitrogens is 1. The fourth-order valence-corrected chi connectivity index (χ4v) is 1.51. The van der Waals surface area contributed by atoms with E-state index in [2.05, 4.69) is 22.5 Å². The molecule has 4 nitrogen and oxygen atoms in total. The maximum Gasteiger partial charge on any atom is 0.252 e. The zero-order chi connectivity index (χ0) is 12.7. The van der Waals surface area contributed by atoms with Gasteiger partial charge in [0.15, 0.2) is 0 Å². The lowest BCUT2D eigenvalue weighted by atomic mass is 10.2. The third-order valence-corrected chi connectivity index (χ3v) is 2.47. The molecule has 0 spiro atoms. The van der Waals surface area contributed by atoms with E-state index in [0.717, 1.165) is 19.4 Å². The predicted molar refractivity (Wildman–Crippen MR) is 70.7 cm³/mol. The summed E-state index contributed by atoms with van der Waals surface area (Å²) in [5.41, 5.74) is 0.491. The molecule has 1 amide bonds. The molecule has 1 rings (SSSR count). The van der Waals surface area contributed by atoms with E-state index < -0.39 is 0 Å². The Morgan fingerprint density at radius 3 is 2.65 bits per heavy atom. The van der Waals surface area contributed by atoms with Crippen molar-refractivity contribution in [3.63, 3.8) is 0 Å². The molecule has 2 N–H and O–H groups in total. The van der Waals surface area contributed by atoms with Crippen LogP contribution in [-0.4, -0.2) is 24.0 Å². The summed E-state index contributed by atoms with van der Waals surface area (Å²) in [5, 5.41) is 6.35. The Balaban J connectivity index is 2.70.